The fourth-order valence-corrected chi connectivity index (χ4v) is 4.15. The van der Waals surface area contributed by atoms with Gasteiger partial charge in [0.2, 0.25) is 0 Å². The minimum absolute atomic E-state index is 0.164. The molecule has 0 bridgehead atoms. The van der Waals surface area contributed by atoms with E-state index in [2.05, 4.69) is 22.8 Å². The number of benzene rings is 1. The van der Waals surface area contributed by atoms with Crippen molar-refractivity contribution >= 4 is 17.3 Å². The summed E-state index contributed by atoms with van der Waals surface area (Å²) in [6, 6.07) is 7.10. The van der Waals surface area contributed by atoms with E-state index in [1.54, 1.807) is 0 Å². The molecular formula is C17H26ClN3. The average molecular weight is 308 g/mol. The highest BCUT2D eigenvalue weighted by molar-refractivity contribution is 6.33. The molecule has 2 atom stereocenters. The Morgan fingerprint density at radius 3 is 2.90 bits per heavy atom. The Labute approximate surface area is 133 Å². The first-order valence-corrected chi connectivity index (χ1v) is 8.55. The lowest BCUT2D eigenvalue weighted by Gasteiger charge is -2.30. The summed E-state index contributed by atoms with van der Waals surface area (Å²) in [4.78, 5) is 5.16. The number of rotatable bonds is 3. The molecule has 0 spiro atoms. The molecule has 2 unspecified atom stereocenters. The lowest BCUT2D eigenvalue weighted by Crippen LogP contribution is -2.37. The molecule has 116 valence electrons. The zero-order valence-corrected chi connectivity index (χ0v) is 13.6. The van der Waals surface area contributed by atoms with Gasteiger partial charge in [-0.15, -0.1) is 0 Å². The first kappa shape index (κ1) is 15.1. The number of nitrogens with zero attached hydrogens (tertiary/aromatic N) is 2. The maximum absolute atomic E-state index is 6.55. The van der Waals surface area contributed by atoms with Gasteiger partial charge >= 0.3 is 0 Å². The molecule has 2 fully saturated rings. The van der Waals surface area contributed by atoms with Crippen LogP contribution in [0.1, 0.15) is 31.7 Å². The Bertz CT molecular complexity index is 489. The Kier molecular flexibility index (Phi) is 4.72. The molecule has 2 saturated heterocycles. The van der Waals surface area contributed by atoms with Crippen LogP contribution in [0.3, 0.4) is 0 Å². The molecule has 2 aliphatic heterocycles. The Morgan fingerprint density at radius 1 is 1.29 bits per heavy atom. The van der Waals surface area contributed by atoms with Crippen molar-refractivity contribution in [1.82, 2.24) is 4.90 Å². The highest BCUT2D eigenvalue weighted by atomic mass is 35.5. The van der Waals surface area contributed by atoms with E-state index in [-0.39, 0.29) is 6.04 Å². The Balaban J connectivity index is 1.87. The molecule has 3 nitrogen and oxygen atoms in total. The van der Waals surface area contributed by atoms with E-state index in [1.807, 2.05) is 12.1 Å². The van der Waals surface area contributed by atoms with E-state index in [0.717, 1.165) is 24.5 Å². The van der Waals surface area contributed by atoms with E-state index in [4.69, 9.17) is 17.3 Å². The minimum atomic E-state index is 0.164. The second-order valence-corrected chi connectivity index (χ2v) is 6.97. The SMILES string of the molecule is CC(N)Cc1cccc(Cl)c1N1CCCN2CCCC2C1. The van der Waals surface area contributed by atoms with Crippen molar-refractivity contribution < 1.29 is 0 Å². The van der Waals surface area contributed by atoms with Gasteiger partial charge in [-0.3, -0.25) is 4.90 Å². The third kappa shape index (κ3) is 3.36. The van der Waals surface area contributed by atoms with Gasteiger partial charge < -0.3 is 10.6 Å². The molecule has 2 heterocycles. The number of anilines is 1. The largest absolute Gasteiger partial charge is 0.368 e. The zero-order valence-electron chi connectivity index (χ0n) is 12.9. The summed E-state index contributed by atoms with van der Waals surface area (Å²) in [5.41, 5.74) is 8.54. The predicted molar refractivity (Wildman–Crippen MR) is 90.2 cm³/mol. The van der Waals surface area contributed by atoms with Gasteiger partial charge in [-0.25, -0.2) is 0 Å². The predicted octanol–water partition coefficient (Wildman–Crippen LogP) is 2.90. The fraction of sp³-hybridized carbons (Fsp3) is 0.647. The highest BCUT2D eigenvalue weighted by Crippen LogP contribution is 2.33. The standard InChI is InChI=1S/C17H26ClN3/c1-13(19)11-14-5-2-7-16(18)17(14)21-10-4-9-20-8-3-6-15(20)12-21/h2,5,7,13,15H,3-4,6,8-12,19H2,1H3. The lowest BCUT2D eigenvalue weighted by atomic mass is 10.0. The van der Waals surface area contributed by atoms with Crippen LogP contribution >= 0.6 is 11.6 Å². The van der Waals surface area contributed by atoms with Crippen molar-refractivity contribution in [3.63, 3.8) is 0 Å². The maximum Gasteiger partial charge on any atom is 0.0642 e. The monoisotopic (exact) mass is 307 g/mol. The summed E-state index contributed by atoms with van der Waals surface area (Å²) < 4.78 is 0. The number of fused-ring (bicyclic) bond motifs is 1. The van der Waals surface area contributed by atoms with Crippen LogP contribution in [-0.2, 0) is 6.42 Å². The van der Waals surface area contributed by atoms with Crippen LogP contribution in [0.5, 0.6) is 0 Å². The van der Waals surface area contributed by atoms with Gasteiger partial charge in [0.25, 0.3) is 0 Å². The second-order valence-electron chi connectivity index (χ2n) is 6.56. The van der Waals surface area contributed by atoms with Gasteiger partial charge in [0.05, 0.1) is 10.7 Å². The topological polar surface area (TPSA) is 32.5 Å². The Hall–Kier alpha value is -0.770. The number of hydrogen-bond acceptors (Lipinski definition) is 3. The summed E-state index contributed by atoms with van der Waals surface area (Å²) in [5, 5.41) is 0.875. The van der Waals surface area contributed by atoms with Crippen molar-refractivity contribution in [2.24, 2.45) is 5.73 Å². The molecule has 0 aliphatic carbocycles. The van der Waals surface area contributed by atoms with Gasteiger partial charge in [0, 0.05) is 31.7 Å². The van der Waals surface area contributed by atoms with E-state index in [1.165, 1.54) is 43.6 Å². The van der Waals surface area contributed by atoms with Crippen LogP contribution in [-0.4, -0.2) is 43.2 Å². The van der Waals surface area contributed by atoms with E-state index < -0.39 is 0 Å². The fourth-order valence-electron chi connectivity index (χ4n) is 3.84. The molecule has 4 heteroatoms. The van der Waals surface area contributed by atoms with E-state index in [0.29, 0.717) is 6.04 Å². The number of halogens is 1. The van der Waals surface area contributed by atoms with Crippen molar-refractivity contribution in [1.29, 1.82) is 0 Å². The summed E-state index contributed by atoms with van der Waals surface area (Å²) in [6.07, 6.45) is 4.78. The zero-order chi connectivity index (χ0) is 14.8. The van der Waals surface area contributed by atoms with Crippen LogP contribution in [0, 0.1) is 0 Å². The van der Waals surface area contributed by atoms with Crippen LogP contribution in [0.25, 0.3) is 0 Å². The third-order valence-electron chi connectivity index (χ3n) is 4.73. The van der Waals surface area contributed by atoms with Gasteiger partial charge in [-0.1, -0.05) is 23.7 Å². The van der Waals surface area contributed by atoms with Crippen LogP contribution < -0.4 is 10.6 Å². The smallest absolute Gasteiger partial charge is 0.0642 e. The van der Waals surface area contributed by atoms with Crippen molar-refractivity contribution in [3.8, 4) is 0 Å². The minimum Gasteiger partial charge on any atom is -0.368 e. The summed E-state index contributed by atoms with van der Waals surface area (Å²) in [5.74, 6) is 0. The molecule has 3 rings (SSSR count). The van der Waals surface area contributed by atoms with Crippen LogP contribution in [0.15, 0.2) is 18.2 Å². The Morgan fingerprint density at radius 2 is 2.10 bits per heavy atom. The molecule has 2 N–H and O–H groups in total. The summed E-state index contributed by atoms with van der Waals surface area (Å²) >= 11 is 6.55. The molecule has 0 saturated carbocycles. The van der Waals surface area contributed by atoms with Crippen molar-refractivity contribution in [2.75, 3.05) is 31.1 Å². The number of para-hydroxylation sites is 1. The summed E-state index contributed by atoms with van der Waals surface area (Å²) in [7, 11) is 0. The molecule has 2 aliphatic rings. The number of hydrogen-bond donors (Lipinski definition) is 1. The van der Waals surface area contributed by atoms with Crippen molar-refractivity contribution in [2.45, 2.75) is 44.7 Å². The summed E-state index contributed by atoms with van der Waals surface area (Å²) in [6.45, 7) is 6.77. The van der Waals surface area contributed by atoms with Gasteiger partial charge in [0.15, 0.2) is 0 Å². The number of nitrogens with two attached hydrogens (primary N) is 1. The molecule has 0 amide bonds. The third-order valence-corrected chi connectivity index (χ3v) is 5.04. The van der Waals surface area contributed by atoms with Crippen molar-refractivity contribution in [3.05, 3.63) is 28.8 Å². The van der Waals surface area contributed by atoms with E-state index >= 15 is 0 Å². The molecule has 0 aromatic heterocycles. The van der Waals surface area contributed by atoms with Gasteiger partial charge in [-0.2, -0.15) is 0 Å². The average Bonchev–Trinajstić information content (AvgIpc) is 2.76. The first-order valence-electron chi connectivity index (χ1n) is 8.17. The van der Waals surface area contributed by atoms with E-state index in [9.17, 15) is 0 Å². The molecule has 1 aromatic carbocycles. The lowest BCUT2D eigenvalue weighted by molar-refractivity contribution is 0.273. The normalized spacial score (nSPS) is 24.7. The molecule has 1 aromatic rings. The van der Waals surface area contributed by atoms with Crippen LogP contribution in [0.2, 0.25) is 5.02 Å². The first-order chi connectivity index (χ1) is 10.1. The van der Waals surface area contributed by atoms with Gasteiger partial charge in [-0.05, 0) is 50.8 Å². The quantitative estimate of drug-likeness (QED) is 0.932. The molecular weight excluding hydrogens is 282 g/mol. The molecule has 0 radical (unpaired) electrons. The molecule has 21 heavy (non-hydrogen) atoms. The second kappa shape index (κ2) is 6.55. The van der Waals surface area contributed by atoms with Gasteiger partial charge in [0.1, 0.15) is 0 Å². The maximum atomic E-state index is 6.55. The highest BCUT2D eigenvalue weighted by Gasteiger charge is 2.30. The van der Waals surface area contributed by atoms with Crippen LogP contribution in [0.4, 0.5) is 5.69 Å².